The minimum Gasteiger partial charge on any atom is -0.311 e. The maximum absolute atomic E-state index is 4.55. The third-order valence-corrected chi connectivity index (χ3v) is 13.3. The zero-order valence-corrected chi connectivity index (χ0v) is 32.2. The van der Waals surface area contributed by atoms with Crippen LogP contribution in [-0.2, 0) is 0 Å². The lowest BCUT2D eigenvalue weighted by Gasteiger charge is -2.45. The number of para-hydroxylation sites is 4. The number of benzene rings is 8. The van der Waals surface area contributed by atoms with E-state index in [9.17, 15) is 0 Å². The molecule has 0 spiro atoms. The third-order valence-electron chi connectivity index (χ3n) is 13.3. The van der Waals surface area contributed by atoms with Gasteiger partial charge in [0.15, 0.2) is 0 Å². The average molecular weight is 750 g/mol. The highest BCUT2D eigenvalue weighted by Gasteiger charge is 2.46. The van der Waals surface area contributed by atoms with Crippen molar-refractivity contribution in [3.8, 4) is 22.3 Å². The predicted octanol–water partition coefficient (Wildman–Crippen LogP) is 11.5. The molecular formula is C55H36BN3. The van der Waals surface area contributed by atoms with Crippen molar-refractivity contribution in [2.24, 2.45) is 0 Å². The van der Waals surface area contributed by atoms with E-state index in [0.29, 0.717) is 0 Å². The summed E-state index contributed by atoms with van der Waals surface area (Å²) in [6.45, 7) is 0.0757. The van der Waals surface area contributed by atoms with Crippen LogP contribution in [-0.4, -0.2) is 11.7 Å². The van der Waals surface area contributed by atoms with Gasteiger partial charge in [-0.2, -0.15) is 0 Å². The van der Waals surface area contributed by atoms with Crippen molar-refractivity contribution in [2.45, 2.75) is 11.8 Å². The van der Waals surface area contributed by atoms with Gasteiger partial charge in [0.2, 0.25) is 0 Å². The van der Waals surface area contributed by atoms with E-state index in [0.717, 1.165) is 16.9 Å². The quantitative estimate of drug-likeness (QED) is 0.167. The minimum atomic E-state index is 0.0757. The summed E-state index contributed by atoms with van der Waals surface area (Å²) in [4.78, 5) is 9.58. The lowest BCUT2D eigenvalue weighted by molar-refractivity contribution is 0.757. The summed E-state index contributed by atoms with van der Waals surface area (Å²) in [5.74, 6) is 0.198. The van der Waals surface area contributed by atoms with Gasteiger partial charge in [-0.1, -0.05) is 140 Å². The minimum absolute atomic E-state index is 0.0757. The fourth-order valence-corrected chi connectivity index (χ4v) is 11.1. The smallest absolute Gasteiger partial charge is 0.252 e. The average Bonchev–Trinajstić information content (AvgIpc) is 3.31. The summed E-state index contributed by atoms with van der Waals surface area (Å²) in [5.41, 5.74) is 24.6. The van der Waals surface area contributed by atoms with Gasteiger partial charge in [0, 0.05) is 63.9 Å². The highest BCUT2D eigenvalue weighted by molar-refractivity contribution is 7.00. The number of fused-ring (bicyclic) bond motifs is 4. The molecule has 0 fully saturated rings. The molecule has 8 aromatic carbocycles. The van der Waals surface area contributed by atoms with Gasteiger partial charge in [-0.15, -0.1) is 0 Å². The monoisotopic (exact) mass is 749 g/mol. The summed E-state index contributed by atoms with van der Waals surface area (Å²) in [6, 6.07) is 72.3. The van der Waals surface area contributed by atoms with E-state index < -0.39 is 0 Å². The van der Waals surface area contributed by atoms with Crippen LogP contribution in [0.4, 0.5) is 34.1 Å². The molecule has 2 aliphatic heterocycles. The number of rotatable bonds is 4. The second kappa shape index (κ2) is 12.5. The molecule has 3 nitrogen and oxygen atoms in total. The number of nitrogens with zero attached hydrogens (tertiary/aromatic N) is 3. The van der Waals surface area contributed by atoms with Gasteiger partial charge < -0.3 is 9.80 Å². The molecule has 59 heavy (non-hydrogen) atoms. The third kappa shape index (κ3) is 4.57. The normalized spacial score (nSPS) is 16.0. The van der Waals surface area contributed by atoms with Gasteiger partial charge >= 0.3 is 0 Å². The number of hydrogen-bond acceptors (Lipinski definition) is 3. The molecule has 3 heterocycles. The van der Waals surface area contributed by atoms with Crippen molar-refractivity contribution in [3.05, 3.63) is 240 Å². The first-order chi connectivity index (χ1) is 29.3. The van der Waals surface area contributed by atoms with Crippen LogP contribution >= 0.6 is 0 Å². The second-order valence-electron chi connectivity index (χ2n) is 16.2. The van der Waals surface area contributed by atoms with E-state index in [-0.39, 0.29) is 18.5 Å². The van der Waals surface area contributed by atoms with Crippen LogP contribution < -0.4 is 26.2 Å². The summed E-state index contributed by atoms with van der Waals surface area (Å²) < 4.78 is 0. The zero-order valence-electron chi connectivity index (χ0n) is 32.2. The summed E-state index contributed by atoms with van der Waals surface area (Å²) in [5, 5.41) is 0. The van der Waals surface area contributed by atoms with Gasteiger partial charge in [-0.3, -0.25) is 4.98 Å². The predicted molar refractivity (Wildman–Crippen MR) is 244 cm³/mol. The van der Waals surface area contributed by atoms with Gasteiger partial charge in [0.05, 0.1) is 0 Å². The topological polar surface area (TPSA) is 19.4 Å². The highest BCUT2D eigenvalue weighted by Crippen LogP contribution is 2.60. The fourth-order valence-electron chi connectivity index (χ4n) is 11.1. The first kappa shape index (κ1) is 32.6. The Morgan fingerprint density at radius 3 is 1.39 bits per heavy atom. The molecule has 0 radical (unpaired) electrons. The van der Waals surface area contributed by atoms with Crippen LogP contribution in [0.2, 0.25) is 0 Å². The Kier molecular flexibility index (Phi) is 6.93. The molecule has 274 valence electrons. The maximum Gasteiger partial charge on any atom is 0.252 e. The first-order valence-electron chi connectivity index (χ1n) is 20.6. The lowest BCUT2D eigenvalue weighted by Crippen LogP contribution is -2.61. The van der Waals surface area contributed by atoms with E-state index in [1.807, 2.05) is 12.4 Å². The molecule has 1 aromatic heterocycles. The largest absolute Gasteiger partial charge is 0.311 e. The maximum atomic E-state index is 4.55. The Labute approximate surface area is 344 Å². The van der Waals surface area contributed by atoms with E-state index in [1.165, 1.54) is 89.2 Å². The zero-order chi connectivity index (χ0) is 38.6. The molecule has 0 N–H and O–H groups in total. The highest BCUT2D eigenvalue weighted by atomic mass is 15.2. The van der Waals surface area contributed by atoms with Crippen molar-refractivity contribution in [1.29, 1.82) is 0 Å². The fraction of sp³-hybridized carbons (Fsp3) is 0.0364. The summed E-state index contributed by atoms with van der Waals surface area (Å²) >= 11 is 0. The van der Waals surface area contributed by atoms with Crippen molar-refractivity contribution < 1.29 is 0 Å². The SMILES string of the molecule is c1ccc(N2c3ccccc3B3c4ccccc4N(c4ccccc4)c4cc(-c5cccc6c5C5c7ccccc7C6c6c(-c7cccnc7)cccc65)cc2c43)cc1. The molecule has 2 unspecified atom stereocenters. The molecule has 14 rings (SSSR count). The molecule has 5 aliphatic rings. The number of pyridine rings is 1. The second-order valence-corrected chi connectivity index (χ2v) is 16.2. The Morgan fingerprint density at radius 2 is 0.864 bits per heavy atom. The van der Waals surface area contributed by atoms with E-state index >= 15 is 0 Å². The summed E-state index contributed by atoms with van der Waals surface area (Å²) in [7, 11) is 0. The van der Waals surface area contributed by atoms with Crippen LogP contribution in [0.15, 0.2) is 207 Å². The van der Waals surface area contributed by atoms with Crippen molar-refractivity contribution in [2.75, 3.05) is 9.80 Å². The Bertz CT molecular complexity index is 3030. The van der Waals surface area contributed by atoms with E-state index in [4.69, 9.17) is 0 Å². The van der Waals surface area contributed by atoms with Gasteiger partial charge in [0.25, 0.3) is 6.71 Å². The number of aromatic nitrogens is 1. The number of hydrogen-bond donors (Lipinski definition) is 0. The van der Waals surface area contributed by atoms with Gasteiger partial charge in [0.1, 0.15) is 0 Å². The van der Waals surface area contributed by atoms with E-state index in [1.54, 1.807) is 0 Å². The van der Waals surface area contributed by atoms with Crippen LogP contribution in [0, 0.1) is 0 Å². The molecule has 9 aromatic rings. The number of anilines is 6. The van der Waals surface area contributed by atoms with Crippen molar-refractivity contribution >= 4 is 57.2 Å². The Morgan fingerprint density at radius 1 is 0.390 bits per heavy atom. The first-order valence-corrected chi connectivity index (χ1v) is 20.6. The van der Waals surface area contributed by atoms with Crippen LogP contribution in [0.1, 0.15) is 45.2 Å². The Balaban J connectivity index is 1.11. The molecule has 2 bridgehead atoms. The van der Waals surface area contributed by atoms with Crippen molar-refractivity contribution in [3.63, 3.8) is 0 Å². The summed E-state index contributed by atoms with van der Waals surface area (Å²) in [6.07, 6.45) is 3.88. The van der Waals surface area contributed by atoms with Crippen LogP contribution in [0.3, 0.4) is 0 Å². The van der Waals surface area contributed by atoms with E-state index in [2.05, 4.69) is 209 Å². The van der Waals surface area contributed by atoms with Crippen molar-refractivity contribution in [1.82, 2.24) is 4.98 Å². The molecule has 3 aliphatic carbocycles. The molecule has 0 saturated carbocycles. The van der Waals surface area contributed by atoms with Crippen LogP contribution in [0.5, 0.6) is 0 Å². The van der Waals surface area contributed by atoms with Gasteiger partial charge in [-0.25, -0.2) is 0 Å². The molecular weight excluding hydrogens is 713 g/mol. The lowest BCUT2D eigenvalue weighted by atomic mass is 9.33. The molecule has 4 heteroatoms. The molecule has 0 amide bonds. The molecule has 2 atom stereocenters. The van der Waals surface area contributed by atoms with Gasteiger partial charge in [-0.05, 0) is 121 Å². The standard InChI is InChI=1S/C55H36BN3/c1-3-17-37(18-4-1)58-47-29-11-9-27-45(47)56-46-28-10-12-30-48(46)59(38-19-5-2-6-20-38)50-33-36(32-49(58)55(50)56)40-24-14-26-44-52(40)54-42-22-8-7-21-41(42)53(44)51-39(23-13-25-43(51)54)35-16-15-31-57-34-35/h1-34,53-54H. The Hall–Kier alpha value is -7.43. The molecule has 0 saturated heterocycles. The van der Waals surface area contributed by atoms with Crippen LogP contribution in [0.25, 0.3) is 22.3 Å².